The van der Waals surface area contributed by atoms with Gasteiger partial charge in [0.25, 0.3) is 0 Å². The Hall–Kier alpha value is -0.0400. The molecule has 0 aromatic rings. The van der Waals surface area contributed by atoms with Crippen LogP contribution in [0.15, 0.2) is 0 Å². The molecule has 1 nitrogen and oxygen atoms in total. The summed E-state index contributed by atoms with van der Waals surface area (Å²) in [5, 5.41) is 0. The van der Waals surface area contributed by atoms with Gasteiger partial charge in [-0.15, -0.1) is 0 Å². The highest BCUT2D eigenvalue weighted by Gasteiger charge is 2.22. The van der Waals surface area contributed by atoms with Gasteiger partial charge in [-0.3, -0.25) is 0 Å². The molecule has 0 aliphatic heterocycles. The highest BCUT2D eigenvalue weighted by atomic mass is 16.4. The van der Waals surface area contributed by atoms with Gasteiger partial charge in [0, 0.05) is 14.2 Å². The first-order valence-corrected chi connectivity index (χ1v) is 8.66. The lowest BCUT2D eigenvalue weighted by Gasteiger charge is -2.31. The molecule has 0 heterocycles. The SMILES string of the molecule is CC.CC1CCC(CC2CCCCC2)CC1.COC. The van der Waals surface area contributed by atoms with Crippen LogP contribution in [0.1, 0.15) is 85.0 Å². The Balaban J connectivity index is 0.000000573. The zero-order chi connectivity index (χ0) is 14.5. The number of rotatable bonds is 2. The molecule has 0 unspecified atom stereocenters. The molecule has 0 amide bonds. The van der Waals surface area contributed by atoms with Crippen LogP contribution in [0.5, 0.6) is 0 Å². The van der Waals surface area contributed by atoms with Crippen LogP contribution in [0.25, 0.3) is 0 Å². The summed E-state index contributed by atoms with van der Waals surface area (Å²) in [6.45, 7) is 6.43. The van der Waals surface area contributed by atoms with Gasteiger partial charge < -0.3 is 4.74 Å². The molecule has 0 atom stereocenters. The zero-order valence-electron chi connectivity index (χ0n) is 14.2. The molecule has 2 aliphatic rings. The molecule has 19 heavy (non-hydrogen) atoms. The van der Waals surface area contributed by atoms with Gasteiger partial charge in [0.1, 0.15) is 0 Å². The summed E-state index contributed by atoms with van der Waals surface area (Å²) in [7, 11) is 3.25. The van der Waals surface area contributed by atoms with Crippen molar-refractivity contribution in [2.24, 2.45) is 17.8 Å². The molecule has 2 fully saturated rings. The Morgan fingerprint density at radius 2 is 1.16 bits per heavy atom. The van der Waals surface area contributed by atoms with E-state index in [1.807, 2.05) is 13.8 Å². The third kappa shape index (κ3) is 9.49. The van der Waals surface area contributed by atoms with Crippen LogP contribution < -0.4 is 0 Å². The van der Waals surface area contributed by atoms with Crippen LogP contribution in [0.3, 0.4) is 0 Å². The van der Waals surface area contributed by atoms with Crippen LogP contribution in [0, 0.1) is 17.8 Å². The van der Waals surface area contributed by atoms with Gasteiger partial charge in [-0.25, -0.2) is 0 Å². The average Bonchev–Trinajstić information content (AvgIpc) is 2.46. The van der Waals surface area contributed by atoms with Gasteiger partial charge in [-0.05, 0) is 24.2 Å². The van der Waals surface area contributed by atoms with Gasteiger partial charge in [-0.1, -0.05) is 78.6 Å². The van der Waals surface area contributed by atoms with E-state index >= 15 is 0 Å². The van der Waals surface area contributed by atoms with E-state index in [1.54, 1.807) is 33.5 Å². The van der Waals surface area contributed by atoms with Crippen molar-refractivity contribution in [1.82, 2.24) is 0 Å². The molecule has 0 aromatic carbocycles. The molecular formula is C18H38O. The van der Waals surface area contributed by atoms with Gasteiger partial charge in [0.15, 0.2) is 0 Å². The predicted octanol–water partition coefficient (Wildman–Crippen LogP) is 6.07. The number of methoxy groups -OCH3 is 1. The van der Waals surface area contributed by atoms with E-state index in [2.05, 4.69) is 11.7 Å². The monoisotopic (exact) mass is 270 g/mol. The first-order chi connectivity index (χ1) is 9.26. The van der Waals surface area contributed by atoms with Crippen molar-refractivity contribution in [1.29, 1.82) is 0 Å². The van der Waals surface area contributed by atoms with Gasteiger partial charge in [0.2, 0.25) is 0 Å². The quantitative estimate of drug-likeness (QED) is 0.591. The Kier molecular flexibility index (Phi) is 12.9. The molecule has 0 saturated heterocycles. The third-order valence-electron chi connectivity index (χ3n) is 4.53. The molecule has 116 valence electrons. The van der Waals surface area contributed by atoms with Crippen LogP contribution in [0.4, 0.5) is 0 Å². The van der Waals surface area contributed by atoms with E-state index in [1.165, 1.54) is 44.9 Å². The molecule has 1 heteroatoms. The van der Waals surface area contributed by atoms with E-state index < -0.39 is 0 Å². The third-order valence-corrected chi connectivity index (χ3v) is 4.53. The summed E-state index contributed by atoms with van der Waals surface area (Å²) in [5.41, 5.74) is 0. The van der Waals surface area contributed by atoms with Crippen LogP contribution in [-0.4, -0.2) is 14.2 Å². The van der Waals surface area contributed by atoms with Crippen molar-refractivity contribution in [3.63, 3.8) is 0 Å². The topological polar surface area (TPSA) is 9.23 Å². The summed E-state index contributed by atoms with van der Waals surface area (Å²) in [6, 6.07) is 0. The molecule has 0 radical (unpaired) electrons. The van der Waals surface area contributed by atoms with Crippen LogP contribution in [0.2, 0.25) is 0 Å². The summed E-state index contributed by atoms with van der Waals surface area (Å²) in [4.78, 5) is 0. The minimum absolute atomic E-state index is 1.03. The minimum atomic E-state index is 1.03. The predicted molar refractivity (Wildman–Crippen MR) is 86.6 cm³/mol. The van der Waals surface area contributed by atoms with Crippen molar-refractivity contribution in [2.75, 3.05) is 14.2 Å². The first kappa shape index (κ1) is 19.0. The van der Waals surface area contributed by atoms with Crippen LogP contribution in [-0.2, 0) is 4.74 Å². The molecule has 2 aliphatic carbocycles. The summed E-state index contributed by atoms with van der Waals surface area (Å²) < 4.78 is 4.25. The Labute approximate surface area is 122 Å². The second-order valence-electron chi connectivity index (χ2n) is 6.27. The highest BCUT2D eigenvalue weighted by Crippen LogP contribution is 2.36. The van der Waals surface area contributed by atoms with E-state index in [0.717, 1.165) is 17.8 Å². The van der Waals surface area contributed by atoms with Crippen molar-refractivity contribution < 1.29 is 4.74 Å². The number of hydrogen-bond acceptors (Lipinski definition) is 1. The Morgan fingerprint density at radius 1 is 0.737 bits per heavy atom. The van der Waals surface area contributed by atoms with Crippen molar-refractivity contribution in [3.8, 4) is 0 Å². The molecule has 0 N–H and O–H groups in total. The van der Waals surface area contributed by atoms with E-state index in [4.69, 9.17) is 0 Å². The van der Waals surface area contributed by atoms with Crippen molar-refractivity contribution in [3.05, 3.63) is 0 Å². The second kappa shape index (κ2) is 13.0. The Morgan fingerprint density at radius 3 is 1.63 bits per heavy atom. The molecule has 0 spiro atoms. The lowest BCUT2D eigenvalue weighted by molar-refractivity contribution is 0.218. The molecule has 2 rings (SSSR count). The molecular weight excluding hydrogens is 232 g/mol. The van der Waals surface area contributed by atoms with Gasteiger partial charge >= 0.3 is 0 Å². The lowest BCUT2D eigenvalue weighted by Crippen LogP contribution is -2.17. The fourth-order valence-corrected chi connectivity index (χ4v) is 3.46. The summed E-state index contributed by atoms with van der Waals surface area (Å²) in [5.74, 6) is 3.24. The maximum absolute atomic E-state index is 4.25. The van der Waals surface area contributed by atoms with Crippen LogP contribution >= 0.6 is 0 Å². The molecule has 0 bridgehead atoms. The maximum Gasteiger partial charge on any atom is 0.0351 e. The largest absolute Gasteiger partial charge is 0.388 e. The highest BCUT2D eigenvalue weighted by molar-refractivity contribution is 4.75. The van der Waals surface area contributed by atoms with E-state index in [0.29, 0.717) is 0 Å². The maximum atomic E-state index is 4.25. The van der Waals surface area contributed by atoms with E-state index in [-0.39, 0.29) is 0 Å². The molecule has 0 aromatic heterocycles. The zero-order valence-corrected chi connectivity index (χ0v) is 14.2. The van der Waals surface area contributed by atoms with Crippen molar-refractivity contribution in [2.45, 2.75) is 85.0 Å². The summed E-state index contributed by atoms with van der Waals surface area (Å²) in [6.07, 6.45) is 15.3. The molecule has 2 saturated carbocycles. The normalized spacial score (nSPS) is 27.6. The number of ether oxygens (including phenoxy) is 1. The first-order valence-electron chi connectivity index (χ1n) is 8.66. The van der Waals surface area contributed by atoms with Gasteiger partial charge in [-0.2, -0.15) is 0 Å². The average molecular weight is 271 g/mol. The van der Waals surface area contributed by atoms with E-state index in [9.17, 15) is 0 Å². The smallest absolute Gasteiger partial charge is 0.0351 e. The Bertz CT molecular complexity index is 165. The second-order valence-corrected chi connectivity index (χ2v) is 6.27. The lowest BCUT2D eigenvalue weighted by atomic mass is 9.75. The van der Waals surface area contributed by atoms with Gasteiger partial charge in [0.05, 0.1) is 0 Å². The standard InChI is InChI=1S/C14H26.C2H6O.C2H6/c1-12-7-9-14(10-8-12)11-13-5-3-2-4-6-13;1-3-2;1-2/h12-14H,2-11H2,1H3;1-2H3;1-2H3. The number of hydrogen-bond donors (Lipinski definition) is 0. The fourth-order valence-electron chi connectivity index (χ4n) is 3.46. The van der Waals surface area contributed by atoms with Crippen molar-refractivity contribution >= 4 is 0 Å². The summed E-state index contributed by atoms with van der Waals surface area (Å²) >= 11 is 0. The minimum Gasteiger partial charge on any atom is -0.388 e. The fraction of sp³-hybridized carbons (Fsp3) is 1.00.